The fourth-order valence-corrected chi connectivity index (χ4v) is 4.59. The largest absolute Gasteiger partial charge is 0.495 e. The van der Waals surface area contributed by atoms with Crippen LogP contribution in [0, 0.1) is 0 Å². The minimum atomic E-state index is 0.967. The molecule has 1 saturated heterocycles. The van der Waals surface area contributed by atoms with Gasteiger partial charge < -0.3 is 9.64 Å². The van der Waals surface area contributed by atoms with Crippen molar-refractivity contribution in [3.8, 4) is 16.9 Å². The molecule has 0 radical (unpaired) electrons. The Morgan fingerprint density at radius 3 is 2.39 bits per heavy atom. The lowest BCUT2D eigenvalue weighted by Crippen LogP contribution is -2.46. The predicted octanol–water partition coefficient (Wildman–Crippen LogP) is 4.59. The smallest absolute Gasteiger partial charge is 0.142 e. The molecule has 0 bridgehead atoms. The summed E-state index contributed by atoms with van der Waals surface area (Å²) in [5.41, 5.74) is 8.40. The molecule has 3 aromatic rings. The number of benzene rings is 3. The van der Waals surface area contributed by atoms with Gasteiger partial charge in [0, 0.05) is 32.7 Å². The van der Waals surface area contributed by atoms with Gasteiger partial charge in [-0.25, -0.2) is 0 Å². The Morgan fingerprint density at radius 2 is 1.54 bits per heavy atom. The van der Waals surface area contributed by atoms with Crippen LogP contribution in [0.4, 0.5) is 5.69 Å². The monoisotopic (exact) mass is 370 g/mol. The number of hydrogen-bond donors (Lipinski definition) is 0. The van der Waals surface area contributed by atoms with E-state index in [0.29, 0.717) is 0 Å². The summed E-state index contributed by atoms with van der Waals surface area (Å²) in [5, 5.41) is 0. The summed E-state index contributed by atoms with van der Waals surface area (Å²) in [4.78, 5) is 5.00. The lowest BCUT2D eigenvalue weighted by Gasteiger charge is -2.36. The fourth-order valence-electron chi connectivity index (χ4n) is 4.59. The Labute approximate surface area is 167 Å². The highest BCUT2D eigenvalue weighted by Crippen LogP contribution is 2.37. The molecular weight excluding hydrogens is 344 g/mol. The summed E-state index contributed by atoms with van der Waals surface area (Å²) in [6.45, 7) is 5.27. The van der Waals surface area contributed by atoms with Crippen molar-refractivity contribution in [2.45, 2.75) is 13.0 Å². The first kappa shape index (κ1) is 17.3. The van der Waals surface area contributed by atoms with Crippen LogP contribution in [0.15, 0.2) is 66.7 Å². The summed E-state index contributed by atoms with van der Waals surface area (Å²) in [6, 6.07) is 24.2. The second kappa shape index (κ2) is 7.33. The van der Waals surface area contributed by atoms with E-state index >= 15 is 0 Å². The molecule has 0 atom stereocenters. The third-order valence-electron chi connectivity index (χ3n) is 6.06. The topological polar surface area (TPSA) is 15.7 Å². The third-order valence-corrected chi connectivity index (χ3v) is 6.06. The van der Waals surface area contributed by atoms with Crippen LogP contribution in [-0.4, -0.2) is 38.2 Å². The number of nitrogens with zero attached hydrogens (tertiary/aromatic N) is 2. The molecule has 3 aromatic carbocycles. The van der Waals surface area contributed by atoms with Crippen molar-refractivity contribution in [2.75, 3.05) is 38.2 Å². The van der Waals surface area contributed by atoms with Gasteiger partial charge in [-0.3, -0.25) is 4.90 Å². The molecular formula is C25H26N2O. The number of rotatable bonds is 4. The molecule has 0 aromatic heterocycles. The van der Waals surface area contributed by atoms with Gasteiger partial charge in [0.05, 0.1) is 12.8 Å². The van der Waals surface area contributed by atoms with Crippen molar-refractivity contribution in [1.29, 1.82) is 0 Å². The van der Waals surface area contributed by atoms with Gasteiger partial charge in [0.15, 0.2) is 0 Å². The fraction of sp³-hybridized carbons (Fsp3) is 0.280. The highest BCUT2D eigenvalue weighted by Gasteiger charge is 2.21. The van der Waals surface area contributed by atoms with Gasteiger partial charge in [0.1, 0.15) is 5.75 Å². The minimum absolute atomic E-state index is 0.967. The van der Waals surface area contributed by atoms with Crippen molar-refractivity contribution in [1.82, 2.24) is 4.90 Å². The molecule has 142 valence electrons. The first-order valence-corrected chi connectivity index (χ1v) is 10.1. The maximum Gasteiger partial charge on any atom is 0.142 e. The molecule has 2 aliphatic rings. The molecule has 3 heteroatoms. The number of para-hydroxylation sites is 2. The summed E-state index contributed by atoms with van der Waals surface area (Å²) < 4.78 is 5.54. The quantitative estimate of drug-likeness (QED) is 0.523. The SMILES string of the molecule is COc1ccccc1N1CCN(Cc2ccc3c(c2)Cc2ccccc2-3)CC1. The van der Waals surface area contributed by atoms with E-state index < -0.39 is 0 Å². The Bertz CT molecular complexity index is 989. The molecule has 1 heterocycles. The van der Waals surface area contributed by atoms with Crippen molar-refractivity contribution in [2.24, 2.45) is 0 Å². The van der Waals surface area contributed by atoms with E-state index in [1.165, 1.54) is 33.5 Å². The summed E-state index contributed by atoms with van der Waals surface area (Å²) >= 11 is 0. The van der Waals surface area contributed by atoms with E-state index in [4.69, 9.17) is 4.74 Å². The molecule has 28 heavy (non-hydrogen) atoms. The van der Waals surface area contributed by atoms with E-state index in [2.05, 4.69) is 64.4 Å². The van der Waals surface area contributed by atoms with Crippen molar-refractivity contribution < 1.29 is 4.74 Å². The van der Waals surface area contributed by atoms with Gasteiger partial charge in [0.25, 0.3) is 0 Å². The number of hydrogen-bond acceptors (Lipinski definition) is 3. The highest BCUT2D eigenvalue weighted by molar-refractivity contribution is 5.76. The Morgan fingerprint density at radius 1 is 0.786 bits per heavy atom. The molecule has 0 amide bonds. The molecule has 0 N–H and O–H groups in total. The summed E-state index contributed by atoms with van der Waals surface area (Å²) in [7, 11) is 1.75. The van der Waals surface area contributed by atoms with Gasteiger partial charge in [-0.1, -0.05) is 54.6 Å². The lowest BCUT2D eigenvalue weighted by atomic mass is 10.0. The number of ether oxygens (including phenoxy) is 1. The maximum atomic E-state index is 5.54. The van der Waals surface area contributed by atoms with Gasteiger partial charge in [-0.2, -0.15) is 0 Å². The average molecular weight is 370 g/mol. The second-order valence-corrected chi connectivity index (χ2v) is 7.76. The normalized spacial score (nSPS) is 16.0. The van der Waals surface area contributed by atoms with Crippen LogP contribution in [0.3, 0.4) is 0 Å². The number of anilines is 1. The maximum absolute atomic E-state index is 5.54. The van der Waals surface area contributed by atoms with Crippen molar-refractivity contribution >= 4 is 5.69 Å². The second-order valence-electron chi connectivity index (χ2n) is 7.76. The van der Waals surface area contributed by atoms with E-state index in [1.807, 2.05) is 12.1 Å². The highest BCUT2D eigenvalue weighted by atomic mass is 16.5. The molecule has 1 aliphatic heterocycles. The zero-order valence-corrected chi connectivity index (χ0v) is 16.4. The minimum Gasteiger partial charge on any atom is -0.495 e. The average Bonchev–Trinajstić information content (AvgIpc) is 3.12. The Kier molecular flexibility index (Phi) is 4.53. The molecule has 5 rings (SSSR count). The first-order chi connectivity index (χ1) is 13.8. The van der Waals surface area contributed by atoms with Gasteiger partial charge in [0.2, 0.25) is 0 Å². The van der Waals surface area contributed by atoms with Crippen LogP contribution in [0.5, 0.6) is 5.75 Å². The predicted molar refractivity (Wildman–Crippen MR) is 115 cm³/mol. The molecule has 3 nitrogen and oxygen atoms in total. The molecule has 1 fully saturated rings. The number of methoxy groups -OCH3 is 1. The first-order valence-electron chi connectivity index (χ1n) is 10.1. The number of piperazine rings is 1. The molecule has 1 aliphatic carbocycles. The van der Waals surface area contributed by atoms with E-state index in [-0.39, 0.29) is 0 Å². The van der Waals surface area contributed by atoms with Crippen molar-refractivity contribution in [3.63, 3.8) is 0 Å². The van der Waals surface area contributed by atoms with E-state index in [9.17, 15) is 0 Å². The van der Waals surface area contributed by atoms with Crippen LogP contribution in [0.1, 0.15) is 16.7 Å². The van der Waals surface area contributed by atoms with Crippen LogP contribution >= 0.6 is 0 Å². The van der Waals surface area contributed by atoms with E-state index in [0.717, 1.165) is 44.9 Å². The molecule has 0 saturated carbocycles. The van der Waals surface area contributed by atoms with Gasteiger partial charge >= 0.3 is 0 Å². The van der Waals surface area contributed by atoms with Crippen LogP contribution in [0.25, 0.3) is 11.1 Å². The summed E-state index contributed by atoms with van der Waals surface area (Å²) in [5.74, 6) is 0.967. The van der Waals surface area contributed by atoms with Crippen LogP contribution in [0.2, 0.25) is 0 Å². The zero-order chi connectivity index (χ0) is 18.9. The molecule has 0 unspecified atom stereocenters. The Balaban J connectivity index is 1.25. The van der Waals surface area contributed by atoms with Crippen LogP contribution in [-0.2, 0) is 13.0 Å². The van der Waals surface area contributed by atoms with Gasteiger partial charge in [-0.05, 0) is 46.4 Å². The van der Waals surface area contributed by atoms with E-state index in [1.54, 1.807) is 7.11 Å². The zero-order valence-electron chi connectivity index (χ0n) is 16.4. The third kappa shape index (κ3) is 3.16. The Hall–Kier alpha value is -2.78. The standard InChI is InChI=1S/C25H26N2O/c1-28-25-9-5-4-8-24(25)27-14-12-26(13-15-27)18-19-10-11-23-21(16-19)17-20-6-2-3-7-22(20)23/h2-11,16H,12-15,17-18H2,1H3. The number of fused-ring (bicyclic) bond motifs is 3. The molecule has 0 spiro atoms. The van der Waals surface area contributed by atoms with Gasteiger partial charge in [-0.15, -0.1) is 0 Å². The lowest BCUT2D eigenvalue weighted by molar-refractivity contribution is 0.249. The summed E-state index contributed by atoms with van der Waals surface area (Å²) in [6.07, 6.45) is 1.07. The van der Waals surface area contributed by atoms with Crippen LogP contribution < -0.4 is 9.64 Å². The van der Waals surface area contributed by atoms with Crippen molar-refractivity contribution in [3.05, 3.63) is 83.4 Å².